The summed E-state index contributed by atoms with van der Waals surface area (Å²) < 4.78 is 0. The Kier molecular flexibility index (Phi) is 5.16. The lowest BCUT2D eigenvalue weighted by Crippen LogP contribution is -2.49. The number of carbonyl (C=O) groups excluding carboxylic acids is 1. The molecule has 5 heteroatoms. The predicted molar refractivity (Wildman–Crippen MR) is 63.1 cm³/mol. The number of hydrogen-bond donors (Lipinski definition) is 3. The minimum Gasteiger partial charge on any atom is -0.480 e. The average molecular weight is 236 g/mol. The number of hydrogen-bond acceptors (Lipinski definition) is 3. The molecule has 1 atom stereocenters. The highest BCUT2D eigenvalue weighted by Crippen LogP contribution is 2.02. The predicted octanol–water partition coefficient (Wildman–Crippen LogP) is 0.713. The molecule has 1 aromatic carbocycles. The Labute approximate surface area is 99.8 Å². The van der Waals surface area contributed by atoms with Crippen molar-refractivity contribution in [1.82, 2.24) is 10.9 Å². The van der Waals surface area contributed by atoms with E-state index in [2.05, 4.69) is 10.9 Å². The number of hydrazine groups is 1. The summed E-state index contributed by atoms with van der Waals surface area (Å²) >= 11 is 0. The summed E-state index contributed by atoms with van der Waals surface area (Å²) in [5.41, 5.74) is 5.78. The van der Waals surface area contributed by atoms with Crippen molar-refractivity contribution < 1.29 is 14.7 Å². The van der Waals surface area contributed by atoms with E-state index in [0.717, 1.165) is 5.56 Å². The Balaban J connectivity index is 2.55. The molecule has 0 heterocycles. The molecule has 0 aromatic heterocycles. The molecule has 1 rings (SSSR count). The number of rotatable bonds is 6. The molecule has 0 radical (unpaired) electrons. The van der Waals surface area contributed by atoms with Gasteiger partial charge in [0.15, 0.2) is 0 Å². The van der Waals surface area contributed by atoms with Crippen LogP contribution in [-0.2, 0) is 16.0 Å². The van der Waals surface area contributed by atoms with Crippen molar-refractivity contribution in [2.24, 2.45) is 0 Å². The van der Waals surface area contributed by atoms with E-state index < -0.39 is 12.0 Å². The molecule has 0 saturated heterocycles. The number of nitrogens with one attached hydrogen (secondary N) is 2. The summed E-state index contributed by atoms with van der Waals surface area (Å²) in [5.74, 6) is -1.23. The first-order valence-corrected chi connectivity index (χ1v) is 5.44. The quantitative estimate of drug-likeness (QED) is 0.636. The molecular weight excluding hydrogens is 220 g/mol. The second-order valence-electron chi connectivity index (χ2n) is 3.63. The molecule has 3 N–H and O–H groups in total. The van der Waals surface area contributed by atoms with Gasteiger partial charge in [0, 0.05) is 12.8 Å². The van der Waals surface area contributed by atoms with Crippen molar-refractivity contribution >= 4 is 11.9 Å². The van der Waals surface area contributed by atoms with Gasteiger partial charge in [0.25, 0.3) is 0 Å². The first-order chi connectivity index (χ1) is 8.13. The summed E-state index contributed by atoms with van der Waals surface area (Å²) in [5, 5.41) is 9.01. The van der Waals surface area contributed by atoms with E-state index in [9.17, 15) is 9.59 Å². The Hall–Kier alpha value is -1.88. The standard InChI is InChI=1S/C12H16N2O3/c1-2-11(15)14-13-10(12(16)17)8-9-6-4-3-5-7-9/h3-7,10,13H,2,8H2,1H3,(H,14,15)(H,16,17)/t10-/m0/s1. The third kappa shape index (κ3) is 4.65. The lowest BCUT2D eigenvalue weighted by molar-refractivity contribution is -0.140. The Morgan fingerprint density at radius 3 is 2.47 bits per heavy atom. The van der Waals surface area contributed by atoms with Crippen molar-refractivity contribution in [3.63, 3.8) is 0 Å². The molecule has 1 amide bonds. The van der Waals surface area contributed by atoms with E-state index in [1.54, 1.807) is 6.92 Å². The monoisotopic (exact) mass is 236 g/mol. The van der Waals surface area contributed by atoms with Crippen molar-refractivity contribution in [3.05, 3.63) is 35.9 Å². The molecule has 17 heavy (non-hydrogen) atoms. The summed E-state index contributed by atoms with van der Waals surface area (Å²) in [6, 6.07) is 8.43. The fourth-order valence-corrected chi connectivity index (χ4v) is 1.31. The highest BCUT2D eigenvalue weighted by atomic mass is 16.4. The second-order valence-corrected chi connectivity index (χ2v) is 3.63. The van der Waals surface area contributed by atoms with Gasteiger partial charge in [-0.15, -0.1) is 0 Å². The second kappa shape index (κ2) is 6.65. The van der Waals surface area contributed by atoms with Crippen molar-refractivity contribution in [2.75, 3.05) is 0 Å². The van der Waals surface area contributed by atoms with Crippen LogP contribution < -0.4 is 10.9 Å². The number of carbonyl (C=O) groups is 2. The van der Waals surface area contributed by atoms with Gasteiger partial charge in [-0.05, 0) is 5.56 Å². The van der Waals surface area contributed by atoms with Crippen LogP contribution in [0.15, 0.2) is 30.3 Å². The molecule has 0 aliphatic carbocycles. The maximum absolute atomic E-state index is 11.0. The third-order valence-electron chi connectivity index (χ3n) is 2.29. The summed E-state index contributed by atoms with van der Waals surface area (Å²) in [6.07, 6.45) is 0.630. The zero-order valence-corrected chi connectivity index (χ0v) is 9.64. The number of aliphatic carboxylic acids is 1. The van der Waals surface area contributed by atoms with E-state index in [0.29, 0.717) is 12.8 Å². The highest BCUT2D eigenvalue weighted by molar-refractivity contribution is 5.77. The van der Waals surface area contributed by atoms with Gasteiger partial charge in [0.1, 0.15) is 6.04 Å². The molecule has 92 valence electrons. The fraction of sp³-hybridized carbons (Fsp3) is 0.333. The largest absolute Gasteiger partial charge is 0.480 e. The summed E-state index contributed by atoms with van der Waals surface area (Å²) in [4.78, 5) is 22.0. The topological polar surface area (TPSA) is 78.4 Å². The van der Waals surface area contributed by atoms with Crippen LogP contribution in [0.25, 0.3) is 0 Å². The van der Waals surface area contributed by atoms with Crippen molar-refractivity contribution in [1.29, 1.82) is 0 Å². The number of amides is 1. The maximum atomic E-state index is 11.0. The zero-order valence-electron chi connectivity index (χ0n) is 9.64. The average Bonchev–Trinajstić information content (AvgIpc) is 2.34. The fourth-order valence-electron chi connectivity index (χ4n) is 1.31. The minimum absolute atomic E-state index is 0.232. The molecule has 0 saturated carbocycles. The van der Waals surface area contributed by atoms with E-state index in [1.165, 1.54) is 0 Å². The molecule has 1 aromatic rings. The smallest absolute Gasteiger partial charge is 0.322 e. The van der Waals surface area contributed by atoms with Gasteiger partial charge in [-0.1, -0.05) is 37.3 Å². The van der Waals surface area contributed by atoms with Crippen LogP contribution in [0, 0.1) is 0 Å². The molecule has 0 fully saturated rings. The molecule has 0 bridgehead atoms. The molecule has 0 unspecified atom stereocenters. The Bertz CT molecular complexity index is 379. The highest BCUT2D eigenvalue weighted by Gasteiger charge is 2.17. The molecule has 0 aliphatic rings. The van der Waals surface area contributed by atoms with Gasteiger partial charge in [0.2, 0.25) is 5.91 Å². The number of carboxylic acids is 1. The first-order valence-electron chi connectivity index (χ1n) is 5.44. The molecule has 0 spiro atoms. The normalized spacial score (nSPS) is 11.8. The van der Waals surface area contributed by atoms with Crippen LogP contribution in [0.4, 0.5) is 0 Å². The molecular formula is C12H16N2O3. The third-order valence-corrected chi connectivity index (χ3v) is 2.29. The Morgan fingerprint density at radius 1 is 1.29 bits per heavy atom. The SMILES string of the molecule is CCC(=O)NN[C@@H](Cc1ccccc1)C(=O)O. The van der Waals surface area contributed by atoms with Gasteiger partial charge in [-0.25, -0.2) is 5.43 Å². The van der Waals surface area contributed by atoms with Crippen LogP contribution in [0.3, 0.4) is 0 Å². The van der Waals surface area contributed by atoms with Crippen molar-refractivity contribution in [2.45, 2.75) is 25.8 Å². The van der Waals surface area contributed by atoms with E-state index in [-0.39, 0.29) is 5.91 Å². The van der Waals surface area contributed by atoms with Crippen LogP contribution in [0.2, 0.25) is 0 Å². The summed E-state index contributed by atoms with van der Waals surface area (Å²) in [6.45, 7) is 1.70. The lowest BCUT2D eigenvalue weighted by atomic mass is 10.1. The van der Waals surface area contributed by atoms with E-state index in [4.69, 9.17) is 5.11 Å². The van der Waals surface area contributed by atoms with Crippen molar-refractivity contribution in [3.8, 4) is 0 Å². The van der Waals surface area contributed by atoms with Crippen LogP contribution in [0.5, 0.6) is 0 Å². The Morgan fingerprint density at radius 2 is 1.94 bits per heavy atom. The number of benzene rings is 1. The van der Waals surface area contributed by atoms with Gasteiger partial charge < -0.3 is 5.11 Å². The van der Waals surface area contributed by atoms with Gasteiger partial charge in [-0.3, -0.25) is 15.0 Å². The van der Waals surface area contributed by atoms with Gasteiger partial charge >= 0.3 is 5.97 Å². The first kappa shape index (κ1) is 13.2. The van der Waals surface area contributed by atoms with E-state index in [1.807, 2.05) is 30.3 Å². The minimum atomic E-state index is -0.995. The van der Waals surface area contributed by atoms with Gasteiger partial charge in [0.05, 0.1) is 0 Å². The molecule has 5 nitrogen and oxygen atoms in total. The van der Waals surface area contributed by atoms with E-state index >= 15 is 0 Å². The number of carboxylic acid groups (broad SMARTS) is 1. The van der Waals surface area contributed by atoms with Crippen LogP contribution >= 0.6 is 0 Å². The van der Waals surface area contributed by atoms with Crippen LogP contribution in [-0.4, -0.2) is 23.0 Å². The molecule has 0 aliphatic heterocycles. The summed E-state index contributed by atoms with van der Waals surface area (Å²) in [7, 11) is 0. The van der Waals surface area contributed by atoms with Crippen LogP contribution in [0.1, 0.15) is 18.9 Å². The maximum Gasteiger partial charge on any atom is 0.322 e. The van der Waals surface area contributed by atoms with Gasteiger partial charge in [-0.2, -0.15) is 0 Å². The lowest BCUT2D eigenvalue weighted by Gasteiger charge is -2.14. The zero-order chi connectivity index (χ0) is 12.7.